The molecule has 0 aliphatic carbocycles. The average molecular weight is 500 g/mol. The van der Waals surface area contributed by atoms with Crippen molar-refractivity contribution in [1.82, 2.24) is 0 Å². The van der Waals surface area contributed by atoms with Gasteiger partial charge in [0.1, 0.15) is 0 Å². The maximum Gasteiger partial charge on any atom is 0.252 e. The van der Waals surface area contributed by atoms with Crippen molar-refractivity contribution in [3.63, 3.8) is 0 Å². The monoisotopic (exact) mass is 498 g/mol. The summed E-state index contributed by atoms with van der Waals surface area (Å²) < 4.78 is 25.1. The average Bonchev–Trinajstić information content (AvgIpc) is 3.07. The van der Waals surface area contributed by atoms with Gasteiger partial charge in [-0.3, -0.25) is 4.79 Å². The van der Waals surface area contributed by atoms with E-state index >= 15 is 0 Å². The number of nitrogens with zero attached hydrogens (tertiary/aromatic N) is 2. The second kappa shape index (κ2) is 7.82. The lowest BCUT2D eigenvalue weighted by Gasteiger charge is -2.25. The van der Waals surface area contributed by atoms with Crippen molar-refractivity contribution in [1.29, 1.82) is 0 Å². The molecule has 0 radical (unpaired) electrons. The second-order valence-corrected chi connectivity index (χ2v) is 11.4. The van der Waals surface area contributed by atoms with Crippen LogP contribution in [0.15, 0.2) is 58.0 Å². The van der Waals surface area contributed by atoms with Crippen LogP contribution in [0.1, 0.15) is 5.56 Å². The number of amides is 1. The predicted molar refractivity (Wildman–Crippen MR) is 118 cm³/mol. The Kier molecular flexibility index (Phi) is 5.57. The number of benzene rings is 2. The van der Waals surface area contributed by atoms with Gasteiger partial charge >= 0.3 is 0 Å². The van der Waals surface area contributed by atoms with Crippen LogP contribution in [-0.4, -0.2) is 42.3 Å². The summed E-state index contributed by atoms with van der Waals surface area (Å²) in [4.78, 5) is 18.7. The number of fused-ring (bicyclic) bond motifs is 1. The highest BCUT2D eigenvalue weighted by molar-refractivity contribution is 9.10. The molecule has 0 unspecified atom stereocenters. The minimum absolute atomic E-state index is 0.0307. The number of rotatable bonds is 3. The number of thioether (sulfide) groups is 1. The van der Waals surface area contributed by atoms with E-state index in [0.717, 1.165) is 10.0 Å². The number of aliphatic imine (C=N–C) groups is 1. The van der Waals surface area contributed by atoms with Crippen molar-refractivity contribution in [2.24, 2.45) is 4.99 Å². The van der Waals surface area contributed by atoms with Gasteiger partial charge in [0.25, 0.3) is 5.91 Å². The molecule has 2 fully saturated rings. The van der Waals surface area contributed by atoms with Crippen LogP contribution in [0.2, 0.25) is 5.02 Å². The third-order valence-electron chi connectivity index (χ3n) is 4.65. The number of hydrogen-bond donors (Lipinski definition) is 0. The van der Waals surface area contributed by atoms with Crippen LogP contribution in [-0.2, 0) is 21.1 Å². The maximum absolute atomic E-state index is 12.5. The molecule has 0 spiro atoms. The minimum atomic E-state index is -3.12. The minimum Gasteiger partial charge on any atom is -0.314 e. The standard InChI is InChI=1S/C19H16BrClN2O3S2/c20-13-6-7-15(14(21)9-13)23-16-10-28(25,26)11-17(16)27-19(23)22-18(24)8-12-4-2-1-3-5-12/h1-7,9,16-17H,8,10-11H2/t16-,17+/m1/s1. The molecule has 2 aromatic carbocycles. The van der Waals surface area contributed by atoms with E-state index < -0.39 is 9.84 Å². The first kappa shape index (κ1) is 19.9. The Morgan fingerprint density at radius 3 is 2.68 bits per heavy atom. The fourth-order valence-electron chi connectivity index (χ4n) is 3.44. The number of halogens is 2. The molecule has 2 aliphatic rings. The summed E-state index contributed by atoms with van der Waals surface area (Å²) in [6.45, 7) is 0. The lowest BCUT2D eigenvalue weighted by atomic mass is 10.1. The SMILES string of the molecule is O=C(Cc1ccccc1)N=C1S[C@H]2CS(=O)(=O)C[C@H]2N1c1ccc(Br)cc1Cl. The fraction of sp³-hybridized carbons (Fsp3) is 0.263. The normalized spacial score (nSPS) is 24.5. The van der Waals surface area contributed by atoms with Crippen molar-refractivity contribution in [3.8, 4) is 0 Å². The zero-order chi connectivity index (χ0) is 19.9. The molecule has 2 saturated heterocycles. The molecule has 4 rings (SSSR count). The number of carbonyl (C=O) groups excluding carboxylic acids is 1. The van der Waals surface area contributed by atoms with Crippen molar-refractivity contribution in [2.75, 3.05) is 16.4 Å². The molecule has 146 valence electrons. The Hall–Kier alpha value is -1.35. The molecule has 5 nitrogen and oxygen atoms in total. The molecule has 0 bridgehead atoms. The van der Waals surface area contributed by atoms with Crippen molar-refractivity contribution in [3.05, 3.63) is 63.6 Å². The molecule has 0 saturated carbocycles. The molecule has 2 atom stereocenters. The lowest BCUT2D eigenvalue weighted by molar-refractivity contribution is -0.117. The zero-order valence-corrected chi connectivity index (χ0v) is 18.6. The Morgan fingerprint density at radius 2 is 1.96 bits per heavy atom. The van der Waals surface area contributed by atoms with Crippen LogP contribution in [0.25, 0.3) is 0 Å². The number of anilines is 1. The summed E-state index contributed by atoms with van der Waals surface area (Å²) in [6, 6.07) is 14.5. The smallest absolute Gasteiger partial charge is 0.252 e. The Labute approximate surface area is 181 Å². The number of sulfone groups is 1. The lowest BCUT2D eigenvalue weighted by Crippen LogP contribution is -2.38. The van der Waals surface area contributed by atoms with Gasteiger partial charge in [-0.05, 0) is 23.8 Å². The summed E-state index contributed by atoms with van der Waals surface area (Å²) in [6.07, 6.45) is 0.195. The van der Waals surface area contributed by atoms with E-state index in [2.05, 4.69) is 20.9 Å². The summed E-state index contributed by atoms with van der Waals surface area (Å²) in [5, 5.41) is 0.825. The van der Waals surface area contributed by atoms with Crippen LogP contribution in [0.4, 0.5) is 5.69 Å². The van der Waals surface area contributed by atoms with E-state index in [4.69, 9.17) is 11.6 Å². The first-order valence-electron chi connectivity index (χ1n) is 8.59. The van der Waals surface area contributed by atoms with Gasteiger partial charge in [-0.1, -0.05) is 69.6 Å². The van der Waals surface area contributed by atoms with Gasteiger partial charge in [-0.2, -0.15) is 4.99 Å². The number of carbonyl (C=O) groups is 1. The molecule has 28 heavy (non-hydrogen) atoms. The molecular weight excluding hydrogens is 484 g/mol. The Bertz CT molecular complexity index is 1060. The zero-order valence-electron chi connectivity index (χ0n) is 14.6. The largest absolute Gasteiger partial charge is 0.314 e. The molecule has 2 heterocycles. The predicted octanol–water partition coefficient (Wildman–Crippen LogP) is 3.95. The van der Waals surface area contributed by atoms with E-state index in [1.54, 1.807) is 6.07 Å². The molecule has 0 aromatic heterocycles. The first-order valence-corrected chi connectivity index (χ1v) is 12.5. The highest BCUT2D eigenvalue weighted by Gasteiger charge is 2.49. The van der Waals surface area contributed by atoms with Crippen molar-refractivity contribution in [2.45, 2.75) is 17.7 Å². The number of amidine groups is 1. The van der Waals surface area contributed by atoms with Crippen LogP contribution in [0.3, 0.4) is 0 Å². The van der Waals surface area contributed by atoms with Gasteiger partial charge in [-0.25, -0.2) is 8.42 Å². The van der Waals surface area contributed by atoms with Gasteiger partial charge < -0.3 is 4.90 Å². The van der Waals surface area contributed by atoms with Crippen molar-refractivity contribution < 1.29 is 13.2 Å². The summed E-state index contributed by atoms with van der Waals surface area (Å²) >= 11 is 11.2. The highest BCUT2D eigenvalue weighted by Crippen LogP contribution is 2.43. The molecule has 2 aromatic rings. The highest BCUT2D eigenvalue weighted by atomic mass is 79.9. The van der Waals surface area contributed by atoms with E-state index in [-0.39, 0.29) is 35.1 Å². The van der Waals surface area contributed by atoms with E-state index in [1.807, 2.05) is 47.4 Å². The van der Waals surface area contributed by atoms with Gasteiger partial charge in [0.15, 0.2) is 15.0 Å². The molecule has 0 N–H and O–H groups in total. The van der Waals surface area contributed by atoms with Crippen molar-refractivity contribution >= 4 is 65.9 Å². The molecule has 9 heteroatoms. The van der Waals surface area contributed by atoms with Crippen LogP contribution in [0, 0.1) is 0 Å². The van der Waals surface area contributed by atoms with Crippen LogP contribution < -0.4 is 4.90 Å². The first-order chi connectivity index (χ1) is 13.3. The van der Waals surface area contributed by atoms with Crippen LogP contribution in [0.5, 0.6) is 0 Å². The Balaban J connectivity index is 1.68. The van der Waals surface area contributed by atoms with E-state index in [0.29, 0.717) is 15.9 Å². The summed E-state index contributed by atoms with van der Waals surface area (Å²) in [5.74, 6) is -0.156. The van der Waals surface area contributed by atoms with Crippen LogP contribution >= 0.6 is 39.3 Å². The topological polar surface area (TPSA) is 66.8 Å². The van der Waals surface area contributed by atoms with Gasteiger partial charge in [0, 0.05) is 9.72 Å². The fourth-order valence-corrected chi connectivity index (χ4v) is 8.13. The second-order valence-electron chi connectivity index (χ2n) is 6.72. The van der Waals surface area contributed by atoms with E-state index in [9.17, 15) is 13.2 Å². The maximum atomic E-state index is 12.5. The molecule has 1 amide bonds. The van der Waals surface area contributed by atoms with Gasteiger partial charge in [0.05, 0.1) is 34.7 Å². The van der Waals surface area contributed by atoms with Gasteiger partial charge in [0.2, 0.25) is 0 Å². The van der Waals surface area contributed by atoms with E-state index in [1.165, 1.54) is 11.8 Å². The third-order valence-corrected chi connectivity index (χ3v) is 8.66. The quantitative estimate of drug-likeness (QED) is 0.640. The van der Waals surface area contributed by atoms with Gasteiger partial charge in [-0.15, -0.1) is 0 Å². The molecular formula is C19H16BrClN2O3S2. The molecule has 2 aliphatic heterocycles. The summed E-state index contributed by atoms with van der Waals surface area (Å²) in [5.41, 5.74) is 1.55. The number of hydrogen-bond acceptors (Lipinski definition) is 4. The third kappa shape index (κ3) is 4.15. The Morgan fingerprint density at radius 1 is 1.21 bits per heavy atom. The summed E-state index contributed by atoms with van der Waals surface area (Å²) in [7, 11) is -3.12.